The minimum absolute atomic E-state index is 0.0219. The van der Waals surface area contributed by atoms with Crippen LogP contribution >= 0.6 is 0 Å². The molecule has 0 radical (unpaired) electrons. The van der Waals surface area contributed by atoms with E-state index in [4.69, 9.17) is 5.73 Å². The Bertz CT molecular complexity index is 312. The summed E-state index contributed by atoms with van der Waals surface area (Å²) in [6, 6.07) is 10.8. The van der Waals surface area contributed by atoms with Crippen molar-refractivity contribution in [2.75, 3.05) is 0 Å². The summed E-state index contributed by atoms with van der Waals surface area (Å²) in [4.78, 5) is 0. The number of rotatable bonds is 8. The minimum atomic E-state index is 0.0219. The second-order valence-corrected chi connectivity index (χ2v) is 5.53. The van der Waals surface area contributed by atoms with Gasteiger partial charge in [0.25, 0.3) is 0 Å². The second-order valence-electron chi connectivity index (χ2n) is 5.53. The predicted octanol–water partition coefficient (Wildman–Crippen LogP) is 4.55. The smallest absolute Gasteiger partial charge is 0.0185 e. The first-order chi connectivity index (χ1) is 8.66. The first-order valence-electron chi connectivity index (χ1n) is 7.49. The topological polar surface area (TPSA) is 26.0 Å². The molecule has 0 aliphatic heterocycles. The zero-order chi connectivity index (χ0) is 13.4. The second kappa shape index (κ2) is 7.58. The summed E-state index contributed by atoms with van der Waals surface area (Å²) >= 11 is 0. The van der Waals surface area contributed by atoms with E-state index in [1.54, 1.807) is 0 Å². The van der Waals surface area contributed by atoms with Crippen molar-refractivity contribution in [2.45, 2.75) is 64.8 Å². The van der Waals surface area contributed by atoms with Crippen molar-refractivity contribution >= 4 is 0 Å². The Hall–Kier alpha value is -0.820. The molecule has 0 amide bonds. The summed E-state index contributed by atoms with van der Waals surface area (Å²) in [6.07, 6.45) is 6.95. The minimum Gasteiger partial charge on any atom is -0.325 e. The van der Waals surface area contributed by atoms with E-state index in [9.17, 15) is 0 Å². The van der Waals surface area contributed by atoms with Gasteiger partial charge in [0.1, 0.15) is 0 Å². The van der Waals surface area contributed by atoms with Gasteiger partial charge >= 0.3 is 0 Å². The molecule has 0 saturated heterocycles. The summed E-state index contributed by atoms with van der Waals surface area (Å²) in [7, 11) is 0. The Labute approximate surface area is 113 Å². The lowest BCUT2D eigenvalue weighted by molar-refractivity contribution is 0.222. The maximum absolute atomic E-state index is 6.72. The van der Waals surface area contributed by atoms with Crippen LogP contribution in [-0.4, -0.2) is 5.54 Å². The molecule has 0 aliphatic rings. The molecule has 0 bridgehead atoms. The fourth-order valence-electron chi connectivity index (χ4n) is 3.12. The fourth-order valence-corrected chi connectivity index (χ4v) is 3.12. The molecule has 102 valence electrons. The molecule has 1 nitrogen and oxygen atoms in total. The maximum atomic E-state index is 6.72. The summed E-state index contributed by atoms with van der Waals surface area (Å²) in [6.45, 7) is 6.76. The monoisotopic (exact) mass is 247 g/mol. The van der Waals surface area contributed by atoms with Crippen LogP contribution in [0.1, 0.15) is 58.4 Å². The molecule has 1 aromatic carbocycles. The SMILES string of the molecule is CCCC(N)(CCC)C(CC)Cc1ccccc1. The quantitative estimate of drug-likeness (QED) is 0.716. The third kappa shape index (κ3) is 4.13. The van der Waals surface area contributed by atoms with Crippen molar-refractivity contribution in [1.29, 1.82) is 0 Å². The van der Waals surface area contributed by atoms with Gasteiger partial charge in [-0.3, -0.25) is 0 Å². The fraction of sp³-hybridized carbons (Fsp3) is 0.647. The highest BCUT2D eigenvalue weighted by Gasteiger charge is 2.31. The molecule has 2 N–H and O–H groups in total. The third-order valence-electron chi connectivity index (χ3n) is 4.06. The number of benzene rings is 1. The van der Waals surface area contributed by atoms with Gasteiger partial charge in [0.2, 0.25) is 0 Å². The van der Waals surface area contributed by atoms with E-state index in [0.717, 1.165) is 19.3 Å². The first-order valence-corrected chi connectivity index (χ1v) is 7.49. The lowest BCUT2D eigenvalue weighted by Crippen LogP contribution is -2.47. The highest BCUT2D eigenvalue weighted by molar-refractivity contribution is 5.16. The molecule has 0 heterocycles. The van der Waals surface area contributed by atoms with Crippen LogP contribution in [0.25, 0.3) is 0 Å². The van der Waals surface area contributed by atoms with Gasteiger partial charge in [-0.05, 0) is 30.7 Å². The van der Waals surface area contributed by atoms with Crippen LogP contribution < -0.4 is 5.73 Å². The summed E-state index contributed by atoms with van der Waals surface area (Å²) in [5.41, 5.74) is 8.17. The standard InChI is InChI=1S/C17H29N/c1-4-12-17(18,13-5-2)16(6-3)14-15-10-8-7-9-11-15/h7-11,16H,4-6,12-14,18H2,1-3H3. The molecule has 0 fully saturated rings. The lowest BCUT2D eigenvalue weighted by atomic mass is 9.73. The van der Waals surface area contributed by atoms with Crippen molar-refractivity contribution in [2.24, 2.45) is 11.7 Å². The maximum Gasteiger partial charge on any atom is 0.0185 e. The average molecular weight is 247 g/mol. The van der Waals surface area contributed by atoms with Gasteiger partial charge in [-0.2, -0.15) is 0 Å². The molecule has 1 atom stereocenters. The number of hydrogen-bond donors (Lipinski definition) is 1. The molecule has 1 heteroatoms. The molecule has 18 heavy (non-hydrogen) atoms. The Morgan fingerprint density at radius 2 is 1.56 bits per heavy atom. The van der Waals surface area contributed by atoms with E-state index in [-0.39, 0.29) is 5.54 Å². The Morgan fingerprint density at radius 1 is 1.00 bits per heavy atom. The van der Waals surface area contributed by atoms with E-state index in [0.29, 0.717) is 5.92 Å². The van der Waals surface area contributed by atoms with Crippen LogP contribution in [0.4, 0.5) is 0 Å². The van der Waals surface area contributed by atoms with E-state index in [2.05, 4.69) is 51.1 Å². The van der Waals surface area contributed by atoms with Gasteiger partial charge < -0.3 is 5.73 Å². The predicted molar refractivity (Wildman–Crippen MR) is 80.7 cm³/mol. The Morgan fingerprint density at radius 3 is 2.00 bits per heavy atom. The molecule has 0 spiro atoms. The van der Waals surface area contributed by atoms with Crippen molar-refractivity contribution in [1.82, 2.24) is 0 Å². The lowest BCUT2D eigenvalue weighted by Gasteiger charge is -2.37. The van der Waals surface area contributed by atoms with Gasteiger partial charge in [0, 0.05) is 5.54 Å². The molecular formula is C17H29N. The van der Waals surface area contributed by atoms with Gasteiger partial charge in [-0.15, -0.1) is 0 Å². The Kier molecular flexibility index (Phi) is 6.42. The van der Waals surface area contributed by atoms with Crippen LogP contribution in [0.15, 0.2) is 30.3 Å². The summed E-state index contributed by atoms with van der Waals surface area (Å²) in [5, 5.41) is 0. The largest absolute Gasteiger partial charge is 0.325 e. The van der Waals surface area contributed by atoms with Crippen LogP contribution in [0, 0.1) is 5.92 Å². The molecule has 1 rings (SSSR count). The normalized spacial score (nSPS) is 13.6. The summed E-state index contributed by atoms with van der Waals surface area (Å²) < 4.78 is 0. The highest BCUT2D eigenvalue weighted by Crippen LogP contribution is 2.31. The van der Waals surface area contributed by atoms with E-state index >= 15 is 0 Å². The van der Waals surface area contributed by atoms with Gasteiger partial charge in [-0.25, -0.2) is 0 Å². The molecule has 0 aromatic heterocycles. The van der Waals surface area contributed by atoms with Crippen molar-refractivity contribution < 1.29 is 0 Å². The average Bonchev–Trinajstić information content (AvgIpc) is 2.37. The van der Waals surface area contributed by atoms with Crippen LogP contribution in [0.5, 0.6) is 0 Å². The van der Waals surface area contributed by atoms with Crippen molar-refractivity contribution in [3.8, 4) is 0 Å². The zero-order valence-corrected chi connectivity index (χ0v) is 12.3. The Balaban J connectivity index is 2.79. The highest BCUT2D eigenvalue weighted by atomic mass is 14.8. The molecular weight excluding hydrogens is 218 g/mol. The third-order valence-corrected chi connectivity index (χ3v) is 4.06. The molecule has 1 aromatic rings. The van der Waals surface area contributed by atoms with Crippen LogP contribution in [-0.2, 0) is 6.42 Å². The van der Waals surface area contributed by atoms with Gasteiger partial charge in [0.15, 0.2) is 0 Å². The number of hydrogen-bond acceptors (Lipinski definition) is 1. The van der Waals surface area contributed by atoms with Crippen LogP contribution in [0.3, 0.4) is 0 Å². The van der Waals surface area contributed by atoms with E-state index in [1.807, 2.05) is 0 Å². The summed E-state index contributed by atoms with van der Waals surface area (Å²) in [5.74, 6) is 0.597. The molecule has 1 unspecified atom stereocenters. The van der Waals surface area contributed by atoms with Gasteiger partial charge in [0.05, 0.1) is 0 Å². The first kappa shape index (κ1) is 15.2. The van der Waals surface area contributed by atoms with E-state index in [1.165, 1.54) is 24.8 Å². The van der Waals surface area contributed by atoms with Crippen molar-refractivity contribution in [3.05, 3.63) is 35.9 Å². The van der Waals surface area contributed by atoms with Crippen LogP contribution in [0.2, 0.25) is 0 Å². The van der Waals surface area contributed by atoms with E-state index < -0.39 is 0 Å². The zero-order valence-electron chi connectivity index (χ0n) is 12.3. The van der Waals surface area contributed by atoms with Gasteiger partial charge in [-0.1, -0.05) is 70.4 Å². The van der Waals surface area contributed by atoms with Crippen molar-refractivity contribution in [3.63, 3.8) is 0 Å². The molecule has 0 aliphatic carbocycles. The molecule has 0 saturated carbocycles. The number of nitrogens with two attached hydrogens (primary N) is 1.